The van der Waals surface area contributed by atoms with Crippen LogP contribution in [-0.4, -0.2) is 25.1 Å². The molecule has 0 bridgehead atoms. The van der Waals surface area contributed by atoms with Crippen molar-refractivity contribution in [2.75, 3.05) is 24.3 Å². The summed E-state index contributed by atoms with van der Waals surface area (Å²) in [6.07, 6.45) is 0. The molecule has 0 radical (unpaired) electrons. The van der Waals surface area contributed by atoms with Gasteiger partial charge in [0.25, 0.3) is 0 Å². The molecule has 1 aromatic carbocycles. The zero-order valence-corrected chi connectivity index (χ0v) is 8.53. The van der Waals surface area contributed by atoms with Crippen LogP contribution in [0.15, 0.2) is 18.2 Å². The lowest BCUT2D eigenvalue weighted by Gasteiger charge is -2.14. The van der Waals surface area contributed by atoms with Crippen molar-refractivity contribution in [3.8, 4) is 5.75 Å². The van der Waals surface area contributed by atoms with Gasteiger partial charge >= 0.3 is 0 Å². The molecular formula is C10H14N2O2. The predicted molar refractivity (Wildman–Crippen MR) is 56.7 cm³/mol. The third kappa shape index (κ3) is 2.39. The summed E-state index contributed by atoms with van der Waals surface area (Å²) >= 11 is 0. The Morgan fingerprint density at radius 3 is 2.57 bits per heavy atom. The average molecular weight is 194 g/mol. The lowest BCUT2D eigenvalue weighted by Crippen LogP contribution is -2.10. The zero-order chi connectivity index (χ0) is 10.7. The normalized spacial score (nSPS) is 9.64. The van der Waals surface area contributed by atoms with E-state index in [0.717, 1.165) is 5.69 Å². The number of nitrogens with one attached hydrogen (secondary N) is 1. The SMILES string of the molecule is CC(=O)Nc1cc(N(C)C)ccc1O. The van der Waals surface area contributed by atoms with E-state index in [4.69, 9.17) is 0 Å². The summed E-state index contributed by atoms with van der Waals surface area (Å²) in [5, 5.41) is 12.0. The van der Waals surface area contributed by atoms with Gasteiger partial charge in [0.1, 0.15) is 5.75 Å². The number of hydrogen-bond acceptors (Lipinski definition) is 3. The van der Waals surface area contributed by atoms with Crippen LogP contribution in [0.2, 0.25) is 0 Å². The monoisotopic (exact) mass is 194 g/mol. The van der Waals surface area contributed by atoms with Crippen LogP contribution in [-0.2, 0) is 4.79 Å². The van der Waals surface area contributed by atoms with E-state index in [-0.39, 0.29) is 11.7 Å². The first-order valence-corrected chi connectivity index (χ1v) is 4.28. The van der Waals surface area contributed by atoms with Crippen LogP contribution in [0.3, 0.4) is 0 Å². The largest absolute Gasteiger partial charge is 0.506 e. The van der Waals surface area contributed by atoms with Gasteiger partial charge in [0.15, 0.2) is 0 Å². The summed E-state index contributed by atoms with van der Waals surface area (Å²) in [5.74, 6) is -0.123. The summed E-state index contributed by atoms with van der Waals surface area (Å²) in [6, 6.07) is 5.05. The average Bonchev–Trinajstić information content (AvgIpc) is 2.07. The number of benzene rings is 1. The van der Waals surface area contributed by atoms with Crippen LogP contribution in [0, 0.1) is 0 Å². The Morgan fingerprint density at radius 2 is 2.07 bits per heavy atom. The molecule has 2 N–H and O–H groups in total. The lowest BCUT2D eigenvalue weighted by atomic mass is 10.2. The van der Waals surface area contributed by atoms with E-state index < -0.39 is 0 Å². The van der Waals surface area contributed by atoms with Crippen LogP contribution in [0.25, 0.3) is 0 Å². The second-order valence-electron chi connectivity index (χ2n) is 3.28. The first-order chi connectivity index (χ1) is 6.50. The Balaban J connectivity index is 3.02. The van der Waals surface area contributed by atoms with Gasteiger partial charge in [-0.2, -0.15) is 0 Å². The highest BCUT2D eigenvalue weighted by Gasteiger charge is 2.04. The van der Waals surface area contributed by atoms with Gasteiger partial charge in [0.05, 0.1) is 5.69 Å². The molecule has 0 unspecified atom stereocenters. The first-order valence-electron chi connectivity index (χ1n) is 4.28. The molecule has 0 heterocycles. The Labute approximate surface area is 83.2 Å². The molecule has 76 valence electrons. The van der Waals surface area contributed by atoms with Gasteiger partial charge in [-0.25, -0.2) is 0 Å². The number of nitrogens with zero attached hydrogens (tertiary/aromatic N) is 1. The molecule has 0 fully saturated rings. The van der Waals surface area contributed by atoms with E-state index >= 15 is 0 Å². The summed E-state index contributed by atoms with van der Waals surface area (Å²) in [7, 11) is 3.79. The van der Waals surface area contributed by atoms with E-state index in [2.05, 4.69) is 5.32 Å². The summed E-state index contributed by atoms with van der Waals surface area (Å²) < 4.78 is 0. The van der Waals surface area contributed by atoms with E-state index in [9.17, 15) is 9.90 Å². The number of aromatic hydroxyl groups is 1. The highest BCUT2D eigenvalue weighted by Crippen LogP contribution is 2.27. The number of amides is 1. The molecule has 0 spiro atoms. The molecule has 1 amide bonds. The molecular weight excluding hydrogens is 180 g/mol. The van der Waals surface area contributed by atoms with E-state index in [1.165, 1.54) is 6.92 Å². The molecule has 1 aromatic rings. The Bertz CT molecular complexity index is 348. The van der Waals surface area contributed by atoms with Gasteiger partial charge in [-0.3, -0.25) is 4.79 Å². The lowest BCUT2D eigenvalue weighted by molar-refractivity contribution is -0.114. The van der Waals surface area contributed by atoms with Gasteiger partial charge in [-0.1, -0.05) is 0 Å². The Hall–Kier alpha value is -1.71. The fourth-order valence-electron chi connectivity index (χ4n) is 1.09. The summed E-state index contributed by atoms with van der Waals surface area (Å²) in [4.78, 5) is 12.7. The summed E-state index contributed by atoms with van der Waals surface area (Å²) in [6.45, 7) is 1.40. The molecule has 14 heavy (non-hydrogen) atoms. The number of carbonyl (C=O) groups excluding carboxylic acids is 1. The van der Waals surface area contributed by atoms with Gasteiger partial charge in [-0.05, 0) is 18.2 Å². The van der Waals surface area contributed by atoms with E-state index in [0.29, 0.717) is 5.69 Å². The molecule has 0 saturated carbocycles. The molecule has 4 nitrogen and oxygen atoms in total. The number of phenolic OH excluding ortho intramolecular Hbond substituents is 1. The number of anilines is 2. The van der Waals surface area contributed by atoms with E-state index in [1.807, 2.05) is 19.0 Å². The van der Waals surface area contributed by atoms with Crippen molar-refractivity contribution >= 4 is 17.3 Å². The third-order valence-electron chi connectivity index (χ3n) is 1.81. The number of rotatable bonds is 2. The Kier molecular flexibility index (Phi) is 2.96. The zero-order valence-electron chi connectivity index (χ0n) is 8.53. The van der Waals surface area contributed by atoms with Crippen LogP contribution < -0.4 is 10.2 Å². The molecule has 0 aliphatic carbocycles. The Morgan fingerprint density at radius 1 is 1.43 bits per heavy atom. The first kappa shape index (κ1) is 10.4. The van der Waals surface area contributed by atoms with Crippen molar-refractivity contribution in [3.63, 3.8) is 0 Å². The molecule has 0 saturated heterocycles. The topological polar surface area (TPSA) is 52.6 Å². The number of carbonyl (C=O) groups is 1. The molecule has 4 heteroatoms. The molecule has 0 atom stereocenters. The maximum atomic E-state index is 10.8. The minimum Gasteiger partial charge on any atom is -0.506 e. The molecule has 0 aliphatic rings. The second kappa shape index (κ2) is 4.00. The molecule has 1 rings (SSSR count). The van der Waals surface area contributed by atoms with Gasteiger partial charge in [-0.15, -0.1) is 0 Å². The number of hydrogen-bond donors (Lipinski definition) is 2. The highest BCUT2D eigenvalue weighted by atomic mass is 16.3. The summed E-state index contributed by atoms with van der Waals surface area (Å²) in [5.41, 5.74) is 1.36. The predicted octanol–water partition coefficient (Wildman–Crippen LogP) is 1.42. The van der Waals surface area contributed by atoms with Crippen LogP contribution >= 0.6 is 0 Å². The van der Waals surface area contributed by atoms with Crippen LogP contribution in [0.5, 0.6) is 5.75 Å². The minimum atomic E-state index is -0.198. The van der Waals surface area contributed by atoms with Gasteiger partial charge < -0.3 is 15.3 Å². The van der Waals surface area contributed by atoms with Crippen molar-refractivity contribution in [2.45, 2.75) is 6.92 Å². The fourth-order valence-corrected chi connectivity index (χ4v) is 1.09. The smallest absolute Gasteiger partial charge is 0.221 e. The van der Waals surface area contributed by atoms with Crippen LogP contribution in [0.4, 0.5) is 11.4 Å². The van der Waals surface area contributed by atoms with Crippen molar-refractivity contribution < 1.29 is 9.90 Å². The molecule has 0 aromatic heterocycles. The maximum absolute atomic E-state index is 10.8. The van der Waals surface area contributed by atoms with Crippen molar-refractivity contribution in [3.05, 3.63) is 18.2 Å². The van der Waals surface area contributed by atoms with E-state index in [1.54, 1.807) is 18.2 Å². The van der Waals surface area contributed by atoms with Gasteiger partial charge in [0.2, 0.25) is 5.91 Å². The van der Waals surface area contributed by atoms with Gasteiger partial charge in [0, 0.05) is 26.7 Å². The molecule has 0 aliphatic heterocycles. The minimum absolute atomic E-state index is 0.0748. The maximum Gasteiger partial charge on any atom is 0.221 e. The van der Waals surface area contributed by atoms with Crippen LogP contribution in [0.1, 0.15) is 6.92 Å². The van der Waals surface area contributed by atoms with Crippen molar-refractivity contribution in [2.24, 2.45) is 0 Å². The fraction of sp³-hybridized carbons (Fsp3) is 0.300. The van der Waals surface area contributed by atoms with Crippen molar-refractivity contribution in [1.29, 1.82) is 0 Å². The second-order valence-corrected chi connectivity index (χ2v) is 3.28. The van der Waals surface area contributed by atoms with Crippen molar-refractivity contribution in [1.82, 2.24) is 0 Å². The standard InChI is InChI=1S/C10H14N2O2/c1-7(13)11-9-6-8(12(2)3)4-5-10(9)14/h4-6,14H,1-3H3,(H,11,13). The third-order valence-corrected chi connectivity index (χ3v) is 1.81. The highest BCUT2D eigenvalue weighted by molar-refractivity contribution is 5.91. The number of phenols is 1. The quantitative estimate of drug-likeness (QED) is 0.700.